The van der Waals surface area contributed by atoms with Gasteiger partial charge in [-0.3, -0.25) is 0 Å². The molecule has 0 radical (unpaired) electrons. The molecule has 5 heteroatoms. The van der Waals surface area contributed by atoms with Gasteiger partial charge in [0.1, 0.15) is 6.61 Å². The molecule has 2 aromatic rings. The van der Waals surface area contributed by atoms with Crippen molar-refractivity contribution >= 4 is 0 Å². The first kappa shape index (κ1) is 18.1. The highest BCUT2D eigenvalue weighted by Crippen LogP contribution is 2.39. The van der Waals surface area contributed by atoms with E-state index in [4.69, 9.17) is 18.9 Å². The van der Waals surface area contributed by atoms with Crippen molar-refractivity contribution in [1.29, 1.82) is 0 Å². The molecule has 0 saturated heterocycles. The van der Waals surface area contributed by atoms with Crippen LogP contribution in [0.15, 0.2) is 42.5 Å². The Morgan fingerprint density at radius 1 is 0.875 bits per heavy atom. The minimum Gasteiger partial charge on any atom is -0.493 e. The molecule has 0 aliphatic carbocycles. The Morgan fingerprint density at radius 2 is 1.54 bits per heavy atom. The van der Waals surface area contributed by atoms with Gasteiger partial charge in [-0.05, 0) is 23.3 Å². The van der Waals surface area contributed by atoms with Crippen molar-refractivity contribution in [1.82, 2.24) is 5.32 Å². The largest absolute Gasteiger partial charge is 0.493 e. The molecule has 0 heterocycles. The molecule has 0 amide bonds. The number of nitrogens with one attached hydrogen (secondary N) is 1. The minimum absolute atomic E-state index is 0.457. The van der Waals surface area contributed by atoms with E-state index in [1.54, 1.807) is 21.3 Å². The molecule has 0 aromatic heterocycles. The molecule has 0 spiro atoms. The van der Waals surface area contributed by atoms with Gasteiger partial charge in [-0.1, -0.05) is 30.3 Å². The second kappa shape index (κ2) is 9.80. The van der Waals surface area contributed by atoms with Gasteiger partial charge in [-0.2, -0.15) is 0 Å². The average Bonchev–Trinajstić information content (AvgIpc) is 2.64. The van der Waals surface area contributed by atoms with Crippen LogP contribution in [0.3, 0.4) is 0 Å². The highest BCUT2D eigenvalue weighted by atomic mass is 16.5. The summed E-state index contributed by atoms with van der Waals surface area (Å²) in [5.41, 5.74) is 2.15. The Bertz CT molecular complexity index is 591. The van der Waals surface area contributed by atoms with Gasteiger partial charge >= 0.3 is 0 Å². The summed E-state index contributed by atoms with van der Waals surface area (Å²) in [7, 11) is 4.95. The molecule has 24 heavy (non-hydrogen) atoms. The summed E-state index contributed by atoms with van der Waals surface area (Å²) in [6, 6.07) is 13.9. The van der Waals surface area contributed by atoms with Gasteiger partial charge in [-0.15, -0.1) is 0 Å². The van der Waals surface area contributed by atoms with Crippen molar-refractivity contribution in [2.45, 2.75) is 13.2 Å². The van der Waals surface area contributed by atoms with E-state index in [1.807, 2.05) is 42.5 Å². The maximum atomic E-state index is 5.94. The zero-order valence-corrected chi connectivity index (χ0v) is 14.5. The summed E-state index contributed by atoms with van der Waals surface area (Å²) in [5, 5.41) is 3.31. The summed E-state index contributed by atoms with van der Waals surface area (Å²) in [6.45, 7) is 2.62. The van der Waals surface area contributed by atoms with E-state index in [2.05, 4.69) is 5.32 Å². The minimum atomic E-state index is 0.457. The molecule has 2 rings (SSSR count). The molecule has 0 aliphatic heterocycles. The highest BCUT2D eigenvalue weighted by molar-refractivity contribution is 5.54. The fourth-order valence-electron chi connectivity index (χ4n) is 2.32. The molecule has 0 unspecified atom stereocenters. The van der Waals surface area contributed by atoms with E-state index in [9.17, 15) is 0 Å². The molecule has 130 valence electrons. The lowest BCUT2D eigenvalue weighted by atomic mass is 10.1. The van der Waals surface area contributed by atoms with E-state index < -0.39 is 0 Å². The molecular weight excluding hydrogens is 306 g/mol. The number of methoxy groups -OCH3 is 3. The van der Waals surface area contributed by atoms with Gasteiger partial charge in [0.15, 0.2) is 11.5 Å². The molecule has 0 aliphatic rings. The van der Waals surface area contributed by atoms with E-state index in [1.165, 1.54) is 0 Å². The normalized spacial score (nSPS) is 10.5. The Morgan fingerprint density at radius 3 is 2.12 bits per heavy atom. The summed E-state index contributed by atoms with van der Waals surface area (Å²) in [4.78, 5) is 0. The van der Waals surface area contributed by atoms with Crippen LogP contribution in [0.5, 0.6) is 17.2 Å². The van der Waals surface area contributed by atoms with Crippen LogP contribution in [-0.4, -0.2) is 34.5 Å². The predicted octanol–water partition coefficient (Wildman–Crippen LogP) is 3.02. The van der Waals surface area contributed by atoms with Crippen LogP contribution >= 0.6 is 0 Å². The molecule has 1 N–H and O–H groups in total. The van der Waals surface area contributed by atoms with Gasteiger partial charge in [0.25, 0.3) is 0 Å². The number of ether oxygens (including phenoxy) is 4. The number of hydrogen-bond donors (Lipinski definition) is 1. The monoisotopic (exact) mass is 331 g/mol. The van der Waals surface area contributed by atoms with Crippen molar-refractivity contribution in [3.63, 3.8) is 0 Å². The van der Waals surface area contributed by atoms with Crippen LogP contribution in [0.4, 0.5) is 0 Å². The Balaban J connectivity index is 2.11. The third-order valence-electron chi connectivity index (χ3n) is 3.56. The van der Waals surface area contributed by atoms with Gasteiger partial charge in [0.05, 0.1) is 20.8 Å². The predicted molar refractivity (Wildman–Crippen MR) is 93.9 cm³/mol. The van der Waals surface area contributed by atoms with Crippen molar-refractivity contribution in [2.24, 2.45) is 0 Å². The fraction of sp³-hybridized carbons (Fsp3) is 0.368. The quantitative estimate of drug-likeness (QED) is 0.678. The summed E-state index contributed by atoms with van der Waals surface area (Å²) < 4.78 is 21.9. The fourth-order valence-corrected chi connectivity index (χ4v) is 2.32. The molecular formula is C19H25NO4. The second-order valence-electron chi connectivity index (χ2n) is 5.27. The third-order valence-corrected chi connectivity index (χ3v) is 3.56. The molecule has 5 nitrogen and oxygen atoms in total. The van der Waals surface area contributed by atoms with Crippen LogP contribution in [-0.2, 0) is 17.9 Å². The lowest BCUT2D eigenvalue weighted by Crippen LogP contribution is -2.18. The maximum Gasteiger partial charge on any atom is 0.203 e. The Kier molecular flexibility index (Phi) is 7.39. The van der Waals surface area contributed by atoms with Crippen LogP contribution in [0, 0.1) is 0 Å². The SMILES string of the molecule is COCCNCc1cc(OC)c(OCc2ccccc2)c(OC)c1. The van der Waals surface area contributed by atoms with Gasteiger partial charge in [-0.25, -0.2) is 0 Å². The smallest absolute Gasteiger partial charge is 0.203 e. The summed E-state index contributed by atoms with van der Waals surface area (Å²) >= 11 is 0. The first-order chi connectivity index (χ1) is 11.8. The average molecular weight is 331 g/mol. The molecule has 0 saturated carbocycles. The highest BCUT2D eigenvalue weighted by Gasteiger charge is 2.14. The topological polar surface area (TPSA) is 49.0 Å². The van der Waals surface area contributed by atoms with E-state index in [0.717, 1.165) is 17.7 Å². The van der Waals surface area contributed by atoms with Crippen LogP contribution in [0.1, 0.15) is 11.1 Å². The molecule has 0 bridgehead atoms. The van der Waals surface area contributed by atoms with Crippen LogP contribution < -0.4 is 19.5 Å². The van der Waals surface area contributed by atoms with E-state index >= 15 is 0 Å². The summed E-state index contributed by atoms with van der Waals surface area (Å²) in [6.07, 6.45) is 0. The van der Waals surface area contributed by atoms with Crippen molar-refractivity contribution in [3.8, 4) is 17.2 Å². The second-order valence-corrected chi connectivity index (χ2v) is 5.27. The van der Waals surface area contributed by atoms with Crippen molar-refractivity contribution in [3.05, 3.63) is 53.6 Å². The lowest BCUT2D eigenvalue weighted by Gasteiger charge is -2.16. The lowest BCUT2D eigenvalue weighted by molar-refractivity contribution is 0.199. The molecule has 2 aromatic carbocycles. The number of hydrogen-bond acceptors (Lipinski definition) is 5. The first-order valence-corrected chi connectivity index (χ1v) is 7.89. The number of rotatable bonds is 10. The van der Waals surface area contributed by atoms with Crippen molar-refractivity contribution in [2.75, 3.05) is 34.5 Å². The zero-order valence-electron chi connectivity index (χ0n) is 14.5. The number of benzene rings is 2. The van der Waals surface area contributed by atoms with Crippen LogP contribution in [0.25, 0.3) is 0 Å². The maximum absolute atomic E-state index is 5.94. The van der Waals surface area contributed by atoms with Crippen LogP contribution in [0.2, 0.25) is 0 Å². The van der Waals surface area contributed by atoms with E-state index in [0.29, 0.717) is 37.0 Å². The van der Waals surface area contributed by atoms with Gasteiger partial charge in [0.2, 0.25) is 5.75 Å². The van der Waals surface area contributed by atoms with Gasteiger partial charge < -0.3 is 24.3 Å². The standard InChI is InChI=1S/C19H25NO4/c1-21-10-9-20-13-16-11-17(22-2)19(18(12-16)23-3)24-14-15-7-5-4-6-8-15/h4-8,11-12,20H,9-10,13-14H2,1-3H3. The third kappa shape index (κ3) is 5.15. The Labute approximate surface area is 143 Å². The first-order valence-electron chi connectivity index (χ1n) is 7.89. The van der Waals surface area contributed by atoms with Gasteiger partial charge in [0, 0.05) is 20.2 Å². The summed E-state index contributed by atoms with van der Waals surface area (Å²) in [5.74, 6) is 1.94. The zero-order chi connectivity index (χ0) is 17.2. The van der Waals surface area contributed by atoms with Crippen molar-refractivity contribution < 1.29 is 18.9 Å². The van der Waals surface area contributed by atoms with E-state index in [-0.39, 0.29) is 0 Å². The molecule has 0 atom stereocenters. The molecule has 0 fully saturated rings. The Hall–Kier alpha value is -2.24.